The molecule has 0 aromatic carbocycles. The van der Waals surface area contributed by atoms with Crippen molar-refractivity contribution in [2.45, 2.75) is 22.9 Å². The topological polar surface area (TPSA) is 80.3 Å². The maximum absolute atomic E-state index is 13.0. The summed E-state index contributed by atoms with van der Waals surface area (Å²) < 4.78 is 40.0. The highest BCUT2D eigenvalue weighted by molar-refractivity contribution is 7.99. The first kappa shape index (κ1) is 16.9. The lowest BCUT2D eigenvalue weighted by molar-refractivity contribution is -0.141. The van der Waals surface area contributed by atoms with Crippen molar-refractivity contribution < 1.29 is 13.2 Å². The first-order chi connectivity index (χ1) is 12.0. The van der Waals surface area contributed by atoms with Gasteiger partial charge in [0.1, 0.15) is 23.3 Å². The molecule has 0 aliphatic rings. The molecule has 0 atom stereocenters. The SMILES string of the molecule is N#Cc1cccc(Sc2nnc(-c3ccncc3)n2CC(F)(F)F)n1. The van der Waals surface area contributed by atoms with Gasteiger partial charge in [0.2, 0.25) is 0 Å². The second-order valence-electron chi connectivity index (χ2n) is 4.82. The molecule has 0 aliphatic carbocycles. The Bertz CT molecular complexity index is 917. The summed E-state index contributed by atoms with van der Waals surface area (Å²) in [5.74, 6) is 0.0821. The average Bonchev–Trinajstić information content (AvgIpc) is 2.96. The van der Waals surface area contributed by atoms with Crippen LogP contribution in [0.15, 0.2) is 52.9 Å². The molecule has 25 heavy (non-hydrogen) atoms. The lowest BCUT2D eigenvalue weighted by Crippen LogP contribution is -2.19. The highest BCUT2D eigenvalue weighted by Crippen LogP contribution is 2.31. The molecule has 3 heterocycles. The van der Waals surface area contributed by atoms with E-state index in [1.54, 1.807) is 24.3 Å². The third-order valence-electron chi connectivity index (χ3n) is 3.03. The van der Waals surface area contributed by atoms with Crippen molar-refractivity contribution in [1.29, 1.82) is 5.26 Å². The van der Waals surface area contributed by atoms with Crippen molar-refractivity contribution in [3.05, 3.63) is 48.4 Å². The van der Waals surface area contributed by atoms with E-state index in [9.17, 15) is 13.2 Å². The summed E-state index contributed by atoms with van der Waals surface area (Å²) >= 11 is 0.911. The minimum Gasteiger partial charge on any atom is -0.293 e. The molecule has 0 amide bonds. The molecule has 10 heteroatoms. The van der Waals surface area contributed by atoms with Gasteiger partial charge in [0, 0.05) is 18.0 Å². The first-order valence-corrected chi connectivity index (χ1v) is 7.73. The van der Waals surface area contributed by atoms with Crippen LogP contribution in [0.2, 0.25) is 0 Å². The Morgan fingerprint density at radius 3 is 2.56 bits per heavy atom. The molecule has 0 bridgehead atoms. The van der Waals surface area contributed by atoms with Gasteiger partial charge in [-0.1, -0.05) is 6.07 Å². The lowest BCUT2D eigenvalue weighted by Gasteiger charge is -2.12. The number of rotatable bonds is 4. The third kappa shape index (κ3) is 4.13. The van der Waals surface area contributed by atoms with Gasteiger partial charge in [-0.2, -0.15) is 18.4 Å². The number of hydrogen-bond acceptors (Lipinski definition) is 6. The van der Waals surface area contributed by atoms with E-state index < -0.39 is 12.7 Å². The van der Waals surface area contributed by atoms with Gasteiger partial charge >= 0.3 is 6.18 Å². The van der Waals surface area contributed by atoms with Crippen LogP contribution >= 0.6 is 11.8 Å². The van der Waals surface area contributed by atoms with Crippen molar-refractivity contribution in [2.24, 2.45) is 0 Å². The van der Waals surface area contributed by atoms with Gasteiger partial charge in [0.05, 0.1) is 0 Å². The zero-order valence-electron chi connectivity index (χ0n) is 12.5. The van der Waals surface area contributed by atoms with Crippen LogP contribution < -0.4 is 0 Å². The van der Waals surface area contributed by atoms with Gasteiger partial charge in [0.15, 0.2) is 11.0 Å². The summed E-state index contributed by atoms with van der Waals surface area (Å²) in [6, 6.07) is 9.69. The molecule has 126 valence electrons. The summed E-state index contributed by atoms with van der Waals surface area (Å²) in [5, 5.41) is 17.0. The van der Waals surface area contributed by atoms with Crippen LogP contribution in [0.5, 0.6) is 0 Å². The largest absolute Gasteiger partial charge is 0.406 e. The molecule has 0 aliphatic heterocycles. The van der Waals surface area contributed by atoms with Crippen LogP contribution in [0.4, 0.5) is 13.2 Å². The van der Waals surface area contributed by atoms with E-state index in [2.05, 4.69) is 20.2 Å². The van der Waals surface area contributed by atoms with Crippen molar-refractivity contribution >= 4 is 11.8 Å². The minimum atomic E-state index is -4.44. The Labute approximate surface area is 144 Å². The summed E-state index contributed by atoms with van der Waals surface area (Å²) in [6.45, 7) is -1.24. The number of halogens is 3. The molecule has 3 rings (SSSR count). The number of aromatic nitrogens is 5. The lowest BCUT2D eigenvalue weighted by atomic mass is 10.2. The zero-order chi connectivity index (χ0) is 17.9. The molecule has 3 aromatic heterocycles. The van der Waals surface area contributed by atoms with E-state index in [1.165, 1.54) is 18.5 Å². The predicted molar refractivity (Wildman–Crippen MR) is 82.4 cm³/mol. The monoisotopic (exact) mass is 362 g/mol. The molecular weight excluding hydrogens is 353 g/mol. The van der Waals surface area contributed by atoms with Crippen LogP contribution in [-0.2, 0) is 6.54 Å². The quantitative estimate of drug-likeness (QED) is 0.708. The predicted octanol–water partition coefficient (Wildman–Crippen LogP) is 3.32. The molecule has 0 spiro atoms. The average molecular weight is 362 g/mol. The Kier molecular flexibility index (Phi) is 4.67. The molecule has 0 fully saturated rings. The van der Waals surface area contributed by atoms with Crippen LogP contribution in [0.1, 0.15) is 5.69 Å². The van der Waals surface area contributed by atoms with E-state index in [1.807, 2.05) is 6.07 Å². The second kappa shape index (κ2) is 6.90. The zero-order valence-corrected chi connectivity index (χ0v) is 13.3. The Morgan fingerprint density at radius 2 is 1.88 bits per heavy atom. The normalized spacial score (nSPS) is 11.3. The number of nitrogens with zero attached hydrogens (tertiary/aromatic N) is 6. The van der Waals surface area contributed by atoms with Crippen molar-refractivity contribution in [2.75, 3.05) is 0 Å². The number of hydrogen-bond donors (Lipinski definition) is 0. The van der Waals surface area contributed by atoms with Crippen LogP contribution in [0.25, 0.3) is 11.4 Å². The minimum absolute atomic E-state index is 0.0340. The number of pyridine rings is 2. The van der Waals surface area contributed by atoms with Gasteiger partial charge < -0.3 is 0 Å². The first-order valence-electron chi connectivity index (χ1n) is 6.91. The number of nitriles is 1. The van der Waals surface area contributed by atoms with Gasteiger partial charge in [-0.15, -0.1) is 10.2 Å². The highest BCUT2D eigenvalue weighted by atomic mass is 32.2. The van der Waals surface area contributed by atoms with Gasteiger partial charge in [0.25, 0.3) is 0 Å². The van der Waals surface area contributed by atoms with Crippen LogP contribution in [0, 0.1) is 11.3 Å². The van der Waals surface area contributed by atoms with Crippen LogP contribution in [-0.4, -0.2) is 30.9 Å². The smallest absolute Gasteiger partial charge is 0.293 e. The molecule has 3 aromatic rings. The van der Waals surface area contributed by atoms with E-state index in [0.717, 1.165) is 16.3 Å². The maximum atomic E-state index is 13.0. The van der Waals surface area contributed by atoms with E-state index in [4.69, 9.17) is 5.26 Å². The van der Waals surface area contributed by atoms with E-state index in [-0.39, 0.29) is 16.7 Å². The van der Waals surface area contributed by atoms with Crippen LogP contribution in [0.3, 0.4) is 0 Å². The summed E-state index contributed by atoms with van der Waals surface area (Å²) in [5.41, 5.74) is 0.638. The third-order valence-corrected chi connectivity index (χ3v) is 3.95. The standard InChI is InChI=1S/C15H9F3N6S/c16-15(17,18)9-24-13(10-4-6-20-7-5-10)22-23-14(24)25-12-3-1-2-11(8-19)21-12/h1-7H,9H2. The molecule has 0 N–H and O–H groups in total. The van der Waals surface area contributed by atoms with Crippen molar-refractivity contribution in [3.63, 3.8) is 0 Å². The highest BCUT2D eigenvalue weighted by Gasteiger charge is 2.31. The fourth-order valence-corrected chi connectivity index (χ4v) is 2.85. The maximum Gasteiger partial charge on any atom is 0.406 e. The number of alkyl halides is 3. The van der Waals surface area contributed by atoms with Gasteiger partial charge in [-0.05, 0) is 36.0 Å². The van der Waals surface area contributed by atoms with E-state index in [0.29, 0.717) is 10.6 Å². The fraction of sp³-hybridized carbons (Fsp3) is 0.133. The Balaban J connectivity index is 2.01. The molecule has 6 nitrogen and oxygen atoms in total. The molecule has 0 radical (unpaired) electrons. The molecule has 0 saturated carbocycles. The Hall–Kier alpha value is -2.93. The summed E-state index contributed by atoms with van der Waals surface area (Å²) in [4.78, 5) is 7.88. The summed E-state index contributed by atoms with van der Waals surface area (Å²) in [7, 11) is 0. The molecule has 0 saturated heterocycles. The molecule has 0 unspecified atom stereocenters. The van der Waals surface area contributed by atoms with E-state index >= 15 is 0 Å². The van der Waals surface area contributed by atoms with Gasteiger partial charge in [-0.3, -0.25) is 9.55 Å². The Morgan fingerprint density at radius 1 is 1.12 bits per heavy atom. The van der Waals surface area contributed by atoms with Gasteiger partial charge in [-0.25, -0.2) is 4.98 Å². The van der Waals surface area contributed by atoms with Crippen molar-refractivity contribution in [3.8, 4) is 17.5 Å². The second-order valence-corrected chi connectivity index (χ2v) is 5.81. The fourth-order valence-electron chi connectivity index (χ4n) is 2.03. The summed E-state index contributed by atoms with van der Waals surface area (Å²) in [6.07, 6.45) is -1.51. The van der Waals surface area contributed by atoms with Crippen molar-refractivity contribution in [1.82, 2.24) is 24.7 Å². The molecular formula is C15H9F3N6S.